The summed E-state index contributed by atoms with van der Waals surface area (Å²) in [6.07, 6.45) is 4.05. The Morgan fingerprint density at radius 2 is 1.69 bits per heavy atom. The molecule has 0 saturated carbocycles. The van der Waals surface area contributed by atoms with E-state index < -0.39 is 5.91 Å². The Hall–Kier alpha value is -5.74. The lowest BCUT2D eigenvalue weighted by Gasteiger charge is -2.29. The molecule has 248 valence electrons. The maximum Gasteiger partial charge on any atom is 0.291 e. The monoisotopic (exact) mass is 655 g/mol. The van der Waals surface area contributed by atoms with Gasteiger partial charge in [0.05, 0.1) is 31.8 Å². The lowest BCUT2D eigenvalue weighted by molar-refractivity contribution is 0.0989. The van der Waals surface area contributed by atoms with E-state index in [4.69, 9.17) is 13.9 Å². The van der Waals surface area contributed by atoms with Crippen LogP contribution in [0.2, 0.25) is 0 Å². The molecule has 1 aliphatic rings. The van der Waals surface area contributed by atoms with Gasteiger partial charge in [-0.2, -0.15) is 0 Å². The predicted octanol–water partition coefficient (Wildman–Crippen LogP) is 7.14. The number of amides is 1. The number of furan rings is 1. The summed E-state index contributed by atoms with van der Waals surface area (Å²) < 4.78 is 18.5. The molecule has 2 aromatic heterocycles. The second-order valence-corrected chi connectivity index (χ2v) is 12.1. The first-order valence-corrected chi connectivity index (χ1v) is 16.4. The molecule has 6 aromatic rings. The van der Waals surface area contributed by atoms with Crippen LogP contribution in [0, 0.1) is 0 Å². The Labute approximate surface area is 284 Å². The number of fused-ring (bicyclic) bond motifs is 2. The van der Waals surface area contributed by atoms with Crippen LogP contribution in [0.15, 0.2) is 95.5 Å². The Kier molecular flexibility index (Phi) is 8.95. The van der Waals surface area contributed by atoms with Gasteiger partial charge in [0.15, 0.2) is 23.0 Å². The van der Waals surface area contributed by atoms with E-state index in [2.05, 4.69) is 44.8 Å². The number of anilines is 1. The molecular weight excluding hydrogens is 618 g/mol. The van der Waals surface area contributed by atoms with Crippen molar-refractivity contribution in [2.75, 3.05) is 32.6 Å². The van der Waals surface area contributed by atoms with Crippen LogP contribution in [0.5, 0.6) is 11.5 Å². The van der Waals surface area contributed by atoms with Gasteiger partial charge in [-0.1, -0.05) is 48.5 Å². The molecule has 0 radical (unpaired) electrons. The molecule has 0 bridgehead atoms. The molecule has 1 N–H and O–H groups in total. The predicted molar refractivity (Wildman–Crippen MR) is 188 cm³/mol. The number of para-hydroxylation sites is 1. The second kappa shape index (κ2) is 13.8. The van der Waals surface area contributed by atoms with Crippen LogP contribution in [-0.4, -0.2) is 58.9 Å². The number of Topliss-reactive ketones (excluding diaryl/α,β-unsaturated/α-hetero) is 1. The maximum atomic E-state index is 13.2. The van der Waals surface area contributed by atoms with Gasteiger partial charge in [0.2, 0.25) is 0 Å². The summed E-state index contributed by atoms with van der Waals surface area (Å²) in [4.78, 5) is 28.4. The third-order valence-corrected chi connectivity index (χ3v) is 9.04. The van der Waals surface area contributed by atoms with Crippen molar-refractivity contribution in [2.24, 2.45) is 0 Å². The van der Waals surface area contributed by atoms with E-state index in [1.54, 1.807) is 50.1 Å². The van der Waals surface area contributed by atoms with Crippen molar-refractivity contribution in [3.8, 4) is 28.4 Å². The number of aromatic nitrogens is 3. The van der Waals surface area contributed by atoms with Gasteiger partial charge in [0.1, 0.15) is 11.3 Å². The van der Waals surface area contributed by atoms with Crippen LogP contribution in [0.25, 0.3) is 27.9 Å². The highest BCUT2D eigenvalue weighted by Crippen LogP contribution is 2.33. The summed E-state index contributed by atoms with van der Waals surface area (Å²) in [7, 11) is 3.35. The van der Waals surface area contributed by atoms with E-state index in [9.17, 15) is 9.59 Å². The average molecular weight is 656 g/mol. The molecule has 0 aliphatic carbocycles. The zero-order valence-electron chi connectivity index (χ0n) is 27.7. The van der Waals surface area contributed by atoms with Crippen molar-refractivity contribution in [3.63, 3.8) is 0 Å². The number of benzene rings is 4. The van der Waals surface area contributed by atoms with Gasteiger partial charge in [-0.25, -0.2) is 4.68 Å². The van der Waals surface area contributed by atoms with Gasteiger partial charge in [-0.05, 0) is 78.1 Å². The molecule has 4 aromatic carbocycles. The second-order valence-electron chi connectivity index (χ2n) is 12.1. The number of nitrogens with zero attached hydrogens (tertiary/aromatic N) is 4. The summed E-state index contributed by atoms with van der Waals surface area (Å²) >= 11 is 0. The smallest absolute Gasteiger partial charge is 0.291 e. The highest BCUT2D eigenvalue weighted by atomic mass is 16.5. The molecule has 1 aliphatic heterocycles. The number of carbonyl (C=O) groups excluding carboxylic acids is 2. The SMILES string of the molecule is CCC(=O)c1ccc(-c2cn(-c3ccc(CCN4CCc5cc(OC)c(OC)cc5C4)cc3)nn2)cc1NC(=O)c1cc2ccccc2o1. The van der Waals surface area contributed by atoms with Crippen LogP contribution in [0.1, 0.15) is 50.9 Å². The first-order chi connectivity index (χ1) is 23.9. The fourth-order valence-corrected chi connectivity index (χ4v) is 6.28. The largest absolute Gasteiger partial charge is 0.493 e. The number of ether oxygens (including phenoxy) is 2. The van der Waals surface area contributed by atoms with E-state index in [0.29, 0.717) is 28.9 Å². The van der Waals surface area contributed by atoms with Crippen LogP contribution < -0.4 is 14.8 Å². The summed E-state index contributed by atoms with van der Waals surface area (Å²) in [5.74, 6) is 1.20. The van der Waals surface area contributed by atoms with Crippen molar-refractivity contribution in [1.29, 1.82) is 0 Å². The van der Waals surface area contributed by atoms with Crippen molar-refractivity contribution >= 4 is 28.3 Å². The molecule has 7 rings (SSSR count). The van der Waals surface area contributed by atoms with E-state index in [0.717, 1.165) is 60.6 Å². The summed E-state index contributed by atoms with van der Waals surface area (Å²) in [5.41, 5.74) is 7.49. The quantitative estimate of drug-likeness (QED) is 0.147. The summed E-state index contributed by atoms with van der Waals surface area (Å²) in [5, 5.41) is 12.5. The fraction of sp³-hybridized carbons (Fsp3) is 0.231. The molecule has 10 heteroatoms. The summed E-state index contributed by atoms with van der Waals surface area (Å²) in [6.45, 7) is 4.63. The normalized spacial score (nSPS) is 12.9. The van der Waals surface area contributed by atoms with Crippen LogP contribution >= 0.6 is 0 Å². The Morgan fingerprint density at radius 3 is 2.45 bits per heavy atom. The summed E-state index contributed by atoms with van der Waals surface area (Å²) in [6, 6.07) is 26.9. The molecule has 10 nitrogen and oxygen atoms in total. The van der Waals surface area contributed by atoms with Crippen molar-refractivity contribution in [1.82, 2.24) is 19.9 Å². The number of hydrogen-bond donors (Lipinski definition) is 1. The van der Waals surface area contributed by atoms with Crippen molar-refractivity contribution in [2.45, 2.75) is 32.7 Å². The van der Waals surface area contributed by atoms with Gasteiger partial charge in [0.25, 0.3) is 5.91 Å². The van der Waals surface area contributed by atoms with Gasteiger partial charge in [-0.3, -0.25) is 14.5 Å². The van der Waals surface area contributed by atoms with E-state index in [1.807, 2.05) is 42.6 Å². The first-order valence-electron chi connectivity index (χ1n) is 16.4. The zero-order valence-corrected chi connectivity index (χ0v) is 27.7. The minimum Gasteiger partial charge on any atom is -0.493 e. The molecular formula is C39H37N5O5. The van der Waals surface area contributed by atoms with Gasteiger partial charge in [0, 0.05) is 42.6 Å². The lowest BCUT2D eigenvalue weighted by atomic mass is 9.98. The molecule has 0 spiro atoms. The topological polar surface area (TPSA) is 112 Å². The highest BCUT2D eigenvalue weighted by molar-refractivity contribution is 6.10. The number of rotatable bonds is 11. The molecule has 1 amide bonds. The van der Waals surface area contributed by atoms with Crippen LogP contribution in [-0.2, 0) is 19.4 Å². The first kappa shape index (κ1) is 31.8. The number of carbonyl (C=O) groups is 2. The number of nitrogens with one attached hydrogen (secondary N) is 1. The van der Waals surface area contributed by atoms with Gasteiger partial charge >= 0.3 is 0 Å². The fourth-order valence-electron chi connectivity index (χ4n) is 6.28. The van der Waals surface area contributed by atoms with Crippen LogP contribution in [0.3, 0.4) is 0 Å². The molecule has 0 unspecified atom stereocenters. The van der Waals surface area contributed by atoms with Gasteiger partial charge in [-0.15, -0.1) is 5.10 Å². The average Bonchev–Trinajstić information content (AvgIpc) is 3.82. The van der Waals surface area contributed by atoms with E-state index >= 15 is 0 Å². The standard InChI is InChI=1S/C39H37N5O5/c1-4-34(45)31-14-11-27(19-32(31)40-39(46)38-21-28-7-5-6-8-35(28)49-38)33-24-44(42-41-33)30-12-9-25(10-13-30)15-17-43-18-16-26-20-36(47-2)37(48-3)22-29(26)23-43/h5-14,19-22,24H,4,15-18,23H2,1-3H3,(H,40,46). The third-order valence-electron chi connectivity index (χ3n) is 9.04. The minimum atomic E-state index is -0.437. The Morgan fingerprint density at radius 1 is 0.918 bits per heavy atom. The third kappa shape index (κ3) is 6.68. The molecule has 3 heterocycles. The van der Waals surface area contributed by atoms with E-state index in [-0.39, 0.29) is 11.5 Å². The Bertz CT molecular complexity index is 2120. The van der Waals surface area contributed by atoms with Crippen molar-refractivity contribution < 1.29 is 23.5 Å². The molecule has 0 atom stereocenters. The Balaban J connectivity index is 1.03. The lowest BCUT2D eigenvalue weighted by Crippen LogP contribution is -2.32. The maximum absolute atomic E-state index is 13.2. The highest BCUT2D eigenvalue weighted by Gasteiger charge is 2.20. The molecule has 0 saturated heterocycles. The van der Waals surface area contributed by atoms with E-state index in [1.165, 1.54) is 16.7 Å². The molecule has 49 heavy (non-hydrogen) atoms. The minimum absolute atomic E-state index is 0.0822. The van der Waals surface area contributed by atoms with Gasteiger partial charge < -0.3 is 19.2 Å². The molecule has 0 fully saturated rings. The van der Waals surface area contributed by atoms with Crippen molar-refractivity contribution in [3.05, 3.63) is 119 Å². The number of methoxy groups -OCH3 is 2. The number of ketones is 1. The zero-order chi connectivity index (χ0) is 33.9. The van der Waals surface area contributed by atoms with Crippen LogP contribution in [0.4, 0.5) is 5.69 Å². The number of hydrogen-bond acceptors (Lipinski definition) is 8.